The average molecular weight is 526 g/mol. The van der Waals surface area contributed by atoms with Crippen LogP contribution < -0.4 is 21.7 Å². The van der Waals surface area contributed by atoms with Gasteiger partial charge in [0, 0.05) is 55.6 Å². The molecule has 2 aliphatic heterocycles. The van der Waals surface area contributed by atoms with Gasteiger partial charge in [-0.15, -0.1) is 0 Å². The lowest BCUT2D eigenvalue weighted by atomic mass is 9.98. The molecule has 1 amide bonds. The fraction of sp³-hybridized carbons (Fsp3) is 0.538. The van der Waals surface area contributed by atoms with E-state index in [4.69, 9.17) is 11.5 Å². The summed E-state index contributed by atoms with van der Waals surface area (Å²) >= 11 is 0. The molecule has 0 unspecified atom stereocenters. The van der Waals surface area contributed by atoms with Crippen molar-refractivity contribution >= 4 is 28.6 Å². The largest absolute Gasteiger partial charge is 0.382 e. The first kappa shape index (κ1) is 24.9. The third kappa shape index (κ3) is 4.78. The van der Waals surface area contributed by atoms with Crippen LogP contribution in [0, 0.1) is 5.82 Å². The molecule has 1 saturated carbocycles. The van der Waals surface area contributed by atoms with Crippen LogP contribution in [0.15, 0.2) is 24.8 Å². The molecule has 0 spiro atoms. The molecule has 3 aromatic rings. The van der Waals surface area contributed by atoms with Crippen molar-refractivity contribution in [3.05, 3.63) is 41.7 Å². The summed E-state index contributed by atoms with van der Waals surface area (Å²) in [6, 6.07) is 3.46. The predicted molar refractivity (Wildman–Crippen MR) is 140 cm³/mol. The number of alkyl halides is 1. The lowest BCUT2D eigenvalue weighted by Gasteiger charge is -2.31. The zero-order chi connectivity index (χ0) is 26.4. The number of piperidine rings is 1. The van der Waals surface area contributed by atoms with E-state index in [-0.39, 0.29) is 30.1 Å². The number of nitrogens with zero attached hydrogens (tertiary/aromatic N) is 6. The third-order valence-electron chi connectivity index (χ3n) is 8.01. The fourth-order valence-electron chi connectivity index (χ4n) is 5.54. The maximum atomic E-state index is 15.5. The van der Waals surface area contributed by atoms with Gasteiger partial charge in [0.05, 0.1) is 12.9 Å². The van der Waals surface area contributed by atoms with Crippen molar-refractivity contribution in [2.45, 2.75) is 62.9 Å². The number of anilines is 2. The molecule has 10 nitrogen and oxygen atoms in total. The normalized spacial score (nSPS) is 22.9. The number of hydrogen-bond donors (Lipinski definition) is 3. The van der Waals surface area contributed by atoms with E-state index in [1.54, 1.807) is 12.4 Å². The number of rotatable bonds is 7. The van der Waals surface area contributed by atoms with E-state index >= 15 is 4.39 Å². The van der Waals surface area contributed by atoms with Gasteiger partial charge in [-0.05, 0) is 44.2 Å². The summed E-state index contributed by atoms with van der Waals surface area (Å²) in [5, 5.41) is 3.04. The van der Waals surface area contributed by atoms with Gasteiger partial charge < -0.3 is 26.3 Å². The Bertz CT molecular complexity index is 1350. The number of carbonyl (C=O) groups is 1. The zero-order valence-electron chi connectivity index (χ0n) is 21.2. The quantitative estimate of drug-likeness (QED) is 0.425. The number of fused-ring (bicyclic) bond motifs is 1. The summed E-state index contributed by atoms with van der Waals surface area (Å²) in [5.41, 5.74) is 14.7. The second-order valence-corrected chi connectivity index (χ2v) is 10.9. The maximum Gasteiger partial charge on any atom is 0.242 e. The van der Waals surface area contributed by atoms with Gasteiger partial charge in [-0.25, -0.2) is 23.7 Å². The molecular formula is C26H33F2N9O. The minimum Gasteiger partial charge on any atom is -0.382 e. The number of carbonyl (C=O) groups excluding carboxylic acids is 1. The van der Waals surface area contributed by atoms with Crippen molar-refractivity contribution in [3.8, 4) is 0 Å². The Kier molecular flexibility index (Phi) is 6.39. The highest BCUT2D eigenvalue weighted by molar-refractivity contribution is 5.88. The number of amides is 1. The summed E-state index contributed by atoms with van der Waals surface area (Å²) in [6.07, 6.45) is 5.56. The molecule has 6 rings (SSSR count). The van der Waals surface area contributed by atoms with Crippen LogP contribution in [-0.4, -0.2) is 74.3 Å². The van der Waals surface area contributed by atoms with E-state index in [2.05, 4.69) is 30.1 Å². The summed E-state index contributed by atoms with van der Waals surface area (Å²) < 4.78 is 31.1. The molecule has 4 heterocycles. The van der Waals surface area contributed by atoms with Gasteiger partial charge in [0.2, 0.25) is 5.91 Å². The Morgan fingerprint density at radius 1 is 1.08 bits per heavy atom. The molecule has 12 heteroatoms. The highest BCUT2D eigenvalue weighted by atomic mass is 19.1. The minimum atomic E-state index is -1.01. The highest BCUT2D eigenvalue weighted by Crippen LogP contribution is 2.34. The molecule has 3 aliphatic rings. The van der Waals surface area contributed by atoms with Crippen molar-refractivity contribution < 1.29 is 13.6 Å². The van der Waals surface area contributed by atoms with E-state index in [9.17, 15) is 9.18 Å². The maximum absolute atomic E-state index is 15.5. The third-order valence-corrected chi connectivity index (χ3v) is 8.01. The Hall–Kier alpha value is -3.38. The molecule has 1 aliphatic carbocycles. The van der Waals surface area contributed by atoms with Crippen LogP contribution in [0.2, 0.25) is 0 Å². The van der Waals surface area contributed by atoms with Crippen molar-refractivity contribution in [2.75, 3.05) is 36.8 Å². The van der Waals surface area contributed by atoms with Gasteiger partial charge in [-0.1, -0.05) is 0 Å². The lowest BCUT2D eigenvalue weighted by molar-refractivity contribution is -0.125. The van der Waals surface area contributed by atoms with Crippen molar-refractivity contribution in [3.63, 3.8) is 0 Å². The molecule has 2 aromatic heterocycles. The molecule has 5 N–H and O–H groups in total. The molecule has 3 fully saturated rings. The van der Waals surface area contributed by atoms with Crippen LogP contribution in [0.25, 0.3) is 11.2 Å². The van der Waals surface area contributed by atoms with E-state index < -0.39 is 11.7 Å². The summed E-state index contributed by atoms with van der Waals surface area (Å²) in [5.74, 6) is -0.181. The number of benzene rings is 1. The number of nitrogen functional groups attached to an aromatic ring is 1. The van der Waals surface area contributed by atoms with E-state index in [1.165, 1.54) is 12.4 Å². The smallest absolute Gasteiger partial charge is 0.242 e. The Morgan fingerprint density at radius 3 is 2.63 bits per heavy atom. The van der Waals surface area contributed by atoms with Crippen LogP contribution in [0.4, 0.5) is 20.3 Å². The van der Waals surface area contributed by atoms with Gasteiger partial charge >= 0.3 is 0 Å². The Morgan fingerprint density at radius 2 is 1.87 bits per heavy atom. The number of nitrogens with one attached hydrogen (secondary N) is 1. The van der Waals surface area contributed by atoms with Gasteiger partial charge in [0.25, 0.3) is 0 Å². The number of likely N-dealkylation sites (tertiary alicyclic amines) is 1. The number of halogens is 2. The number of aromatic nitrogens is 4. The molecular weight excluding hydrogens is 492 g/mol. The van der Waals surface area contributed by atoms with E-state index in [1.807, 2.05) is 4.57 Å². The molecule has 1 atom stereocenters. The van der Waals surface area contributed by atoms with Crippen LogP contribution >= 0.6 is 0 Å². The fourth-order valence-corrected chi connectivity index (χ4v) is 5.54. The molecule has 38 heavy (non-hydrogen) atoms. The number of imidazole rings is 1. The first-order valence-electron chi connectivity index (χ1n) is 13.2. The first-order chi connectivity index (χ1) is 18.3. The molecule has 0 bridgehead atoms. The standard InChI is InChI=1S/C26H33F2N9O/c27-16-5-8-35(9-6-16)11-18-19(12-37-15-33-22-23(29)31-14-32-24(22)37)21(4-3-20(18)28)36-10-7-26(30,13-36)25(38)34-17-1-2-17/h3-4,14-17H,1-2,5-13,30H2,(H,34,38)(H2,29,31,32)/t26-/m1/s1. The molecule has 1 aromatic carbocycles. The molecule has 2 saturated heterocycles. The van der Waals surface area contributed by atoms with Crippen molar-refractivity contribution in [1.82, 2.24) is 29.7 Å². The van der Waals surface area contributed by atoms with Gasteiger partial charge in [-0.2, -0.15) is 0 Å². The van der Waals surface area contributed by atoms with Crippen LogP contribution in [0.3, 0.4) is 0 Å². The Labute approximate surface area is 219 Å². The number of nitrogens with two attached hydrogens (primary N) is 2. The van der Waals surface area contributed by atoms with E-state index in [0.717, 1.165) is 24.1 Å². The van der Waals surface area contributed by atoms with Gasteiger partial charge in [0.15, 0.2) is 11.5 Å². The minimum absolute atomic E-state index is 0.131. The van der Waals surface area contributed by atoms with Crippen molar-refractivity contribution in [1.29, 1.82) is 0 Å². The average Bonchev–Trinajstić information content (AvgIpc) is 3.48. The first-order valence-corrected chi connectivity index (χ1v) is 13.2. The van der Waals surface area contributed by atoms with Crippen LogP contribution in [0.5, 0.6) is 0 Å². The second kappa shape index (κ2) is 9.73. The molecule has 0 radical (unpaired) electrons. The van der Waals surface area contributed by atoms with Crippen LogP contribution in [-0.2, 0) is 17.9 Å². The zero-order valence-corrected chi connectivity index (χ0v) is 21.2. The van der Waals surface area contributed by atoms with Gasteiger partial charge in [0.1, 0.15) is 29.4 Å². The Balaban J connectivity index is 1.36. The highest BCUT2D eigenvalue weighted by Gasteiger charge is 2.43. The number of hydrogen-bond acceptors (Lipinski definition) is 8. The predicted octanol–water partition coefficient (Wildman–Crippen LogP) is 1.72. The summed E-state index contributed by atoms with van der Waals surface area (Å²) in [4.78, 5) is 29.8. The molecule has 202 valence electrons. The van der Waals surface area contributed by atoms with Crippen LogP contribution in [0.1, 0.15) is 43.2 Å². The monoisotopic (exact) mass is 525 g/mol. The van der Waals surface area contributed by atoms with Gasteiger partial charge in [-0.3, -0.25) is 9.69 Å². The summed E-state index contributed by atoms with van der Waals surface area (Å²) in [6.45, 7) is 2.68. The SMILES string of the molecule is Nc1ncnc2c1ncn2Cc1c(N2CC[C@](N)(C(=O)NC3CC3)C2)ccc(F)c1CN1CCC(F)CC1. The second-order valence-electron chi connectivity index (χ2n) is 10.9. The van der Waals surface area contributed by atoms with E-state index in [0.29, 0.717) is 68.7 Å². The lowest BCUT2D eigenvalue weighted by Crippen LogP contribution is -2.56. The topological polar surface area (TPSA) is 131 Å². The van der Waals surface area contributed by atoms with Crippen molar-refractivity contribution in [2.24, 2.45) is 5.73 Å². The summed E-state index contributed by atoms with van der Waals surface area (Å²) in [7, 11) is 0.